The number of benzene rings is 1. The largest absolute Gasteiger partial charge is 0.497 e. The van der Waals surface area contributed by atoms with Crippen LogP contribution in [0.1, 0.15) is 5.56 Å². The van der Waals surface area contributed by atoms with E-state index in [-0.39, 0.29) is 0 Å². The van der Waals surface area contributed by atoms with Crippen molar-refractivity contribution in [3.05, 3.63) is 23.8 Å². The van der Waals surface area contributed by atoms with Gasteiger partial charge in [0.25, 0.3) is 0 Å². The molecule has 0 radical (unpaired) electrons. The predicted octanol–water partition coefficient (Wildman–Crippen LogP) is 2.29. The number of alkyl halides is 1. The molecular formula is C11H11ClO2. The third kappa shape index (κ3) is 2.86. The highest BCUT2D eigenvalue weighted by Gasteiger charge is 1.98. The Bertz CT molecular complexity index is 341. The second-order valence-electron chi connectivity index (χ2n) is 2.54. The molecule has 0 N–H and O–H groups in total. The summed E-state index contributed by atoms with van der Waals surface area (Å²) in [6.07, 6.45) is 0. The van der Waals surface area contributed by atoms with E-state index in [9.17, 15) is 0 Å². The summed E-state index contributed by atoms with van der Waals surface area (Å²) in [6, 6.07) is 5.47. The van der Waals surface area contributed by atoms with Crippen molar-refractivity contribution in [3.63, 3.8) is 0 Å². The summed E-state index contributed by atoms with van der Waals surface area (Å²) < 4.78 is 10.2. The van der Waals surface area contributed by atoms with Crippen molar-refractivity contribution in [1.82, 2.24) is 0 Å². The van der Waals surface area contributed by atoms with Crippen LogP contribution in [-0.2, 0) is 0 Å². The first-order chi connectivity index (χ1) is 6.80. The van der Waals surface area contributed by atoms with Gasteiger partial charge in [-0.15, -0.1) is 11.6 Å². The molecule has 1 aromatic rings. The molecule has 0 bridgehead atoms. The summed E-state index contributed by atoms with van der Waals surface area (Å²) in [5, 5.41) is 0. The number of hydrogen-bond donors (Lipinski definition) is 0. The maximum atomic E-state index is 5.46. The molecule has 0 atom stereocenters. The first kappa shape index (κ1) is 10.7. The van der Waals surface area contributed by atoms with E-state index in [1.807, 2.05) is 12.1 Å². The van der Waals surface area contributed by atoms with Crippen molar-refractivity contribution >= 4 is 11.6 Å². The van der Waals surface area contributed by atoms with E-state index >= 15 is 0 Å². The molecule has 0 fully saturated rings. The van der Waals surface area contributed by atoms with Crippen LogP contribution in [0.5, 0.6) is 11.5 Å². The second kappa shape index (κ2) is 5.41. The van der Waals surface area contributed by atoms with E-state index < -0.39 is 0 Å². The summed E-state index contributed by atoms with van der Waals surface area (Å²) in [7, 11) is 3.21. The van der Waals surface area contributed by atoms with Gasteiger partial charge < -0.3 is 9.47 Å². The third-order valence-corrected chi connectivity index (χ3v) is 1.78. The Morgan fingerprint density at radius 1 is 1.14 bits per heavy atom. The lowest BCUT2D eigenvalue weighted by atomic mass is 10.2. The Labute approximate surface area is 88.8 Å². The quantitative estimate of drug-likeness (QED) is 0.551. The monoisotopic (exact) mass is 210 g/mol. The molecule has 0 aliphatic carbocycles. The van der Waals surface area contributed by atoms with Crippen LogP contribution in [0.2, 0.25) is 0 Å². The molecule has 2 nitrogen and oxygen atoms in total. The van der Waals surface area contributed by atoms with Crippen LogP contribution in [0.25, 0.3) is 0 Å². The van der Waals surface area contributed by atoms with E-state index in [0.29, 0.717) is 5.88 Å². The van der Waals surface area contributed by atoms with Gasteiger partial charge in [0.15, 0.2) is 0 Å². The van der Waals surface area contributed by atoms with Crippen LogP contribution in [0.15, 0.2) is 18.2 Å². The Kier molecular flexibility index (Phi) is 4.15. The molecule has 74 valence electrons. The number of hydrogen-bond acceptors (Lipinski definition) is 2. The fourth-order valence-electron chi connectivity index (χ4n) is 1.02. The Morgan fingerprint density at radius 3 is 2.14 bits per heavy atom. The van der Waals surface area contributed by atoms with Crippen LogP contribution in [0.4, 0.5) is 0 Å². The SMILES string of the molecule is COc1cc(C#CCCl)cc(OC)c1. The van der Waals surface area contributed by atoms with Crippen molar-refractivity contribution in [2.75, 3.05) is 20.1 Å². The molecule has 1 aromatic carbocycles. The van der Waals surface area contributed by atoms with Gasteiger partial charge in [-0.2, -0.15) is 0 Å². The van der Waals surface area contributed by atoms with E-state index in [2.05, 4.69) is 11.8 Å². The minimum atomic E-state index is 0.319. The van der Waals surface area contributed by atoms with Gasteiger partial charge in [-0.25, -0.2) is 0 Å². The summed E-state index contributed by atoms with van der Waals surface area (Å²) in [5.74, 6) is 7.44. The third-order valence-electron chi connectivity index (χ3n) is 1.65. The molecule has 0 unspecified atom stereocenters. The van der Waals surface area contributed by atoms with Crippen LogP contribution in [0.3, 0.4) is 0 Å². The van der Waals surface area contributed by atoms with Crippen LogP contribution in [0, 0.1) is 11.8 Å². The minimum absolute atomic E-state index is 0.319. The molecule has 0 aromatic heterocycles. The molecule has 0 aliphatic rings. The number of halogens is 1. The summed E-state index contributed by atoms with van der Waals surface area (Å²) in [5.41, 5.74) is 0.835. The maximum Gasteiger partial charge on any atom is 0.123 e. The molecule has 0 spiro atoms. The van der Waals surface area contributed by atoms with Gasteiger partial charge in [0.1, 0.15) is 11.5 Å². The molecule has 14 heavy (non-hydrogen) atoms. The number of methoxy groups -OCH3 is 2. The Balaban J connectivity index is 3.04. The van der Waals surface area contributed by atoms with E-state index in [1.54, 1.807) is 20.3 Å². The van der Waals surface area contributed by atoms with Gasteiger partial charge in [0, 0.05) is 11.6 Å². The lowest BCUT2D eigenvalue weighted by Crippen LogP contribution is -1.88. The van der Waals surface area contributed by atoms with E-state index in [4.69, 9.17) is 21.1 Å². The maximum absolute atomic E-state index is 5.46. The zero-order valence-electron chi connectivity index (χ0n) is 8.13. The van der Waals surface area contributed by atoms with Gasteiger partial charge in [-0.3, -0.25) is 0 Å². The first-order valence-electron chi connectivity index (χ1n) is 4.08. The van der Waals surface area contributed by atoms with E-state index in [0.717, 1.165) is 17.1 Å². The molecule has 1 rings (SSSR count). The highest BCUT2D eigenvalue weighted by molar-refractivity contribution is 6.19. The highest BCUT2D eigenvalue weighted by Crippen LogP contribution is 2.21. The standard InChI is InChI=1S/C11H11ClO2/c1-13-10-6-9(4-3-5-12)7-11(8-10)14-2/h6-8H,5H2,1-2H3. The lowest BCUT2D eigenvalue weighted by Gasteiger charge is -2.04. The van der Waals surface area contributed by atoms with Gasteiger partial charge in [-0.1, -0.05) is 11.8 Å². The minimum Gasteiger partial charge on any atom is -0.497 e. The topological polar surface area (TPSA) is 18.5 Å². The predicted molar refractivity (Wildman–Crippen MR) is 57.1 cm³/mol. The van der Waals surface area contributed by atoms with E-state index in [1.165, 1.54) is 0 Å². The summed E-state index contributed by atoms with van der Waals surface area (Å²) in [6.45, 7) is 0. The Morgan fingerprint density at radius 2 is 1.71 bits per heavy atom. The molecule has 0 amide bonds. The van der Waals surface area contributed by atoms with Crippen molar-refractivity contribution in [3.8, 4) is 23.3 Å². The van der Waals surface area contributed by atoms with Gasteiger partial charge >= 0.3 is 0 Å². The van der Waals surface area contributed by atoms with Gasteiger partial charge in [0.2, 0.25) is 0 Å². The Hall–Kier alpha value is -1.33. The smallest absolute Gasteiger partial charge is 0.123 e. The zero-order valence-corrected chi connectivity index (χ0v) is 8.89. The molecular weight excluding hydrogens is 200 g/mol. The molecule has 0 saturated carbocycles. The molecule has 0 aliphatic heterocycles. The fraction of sp³-hybridized carbons (Fsp3) is 0.273. The average molecular weight is 211 g/mol. The zero-order chi connectivity index (χ0) is 10.4. The number of ether oxygens (including phenoxy) is 2. The molecule has 3 heteroatoms. The van der Waals surface area contributed by atoms with Crippen molar-refractivity contribution < 1.29 is 9.47 Å². The van der Waals surface area contributed by atoms with Gasteiger partial charge in [-0.05, 0) is 12.1 Å². The van der Waals surface area contributed by atoms with Crippen molar-refractivity contribution in [1.29, 1.82) is 0 Å². The van der Waals surface area contributed by atoms with Crippen molar-refractivity contribution in [2.45, 2.75) is 0 Å². The fourth-order valence-corrected chi connectivity index (χ4v) is 1.08. The van der Waals surface area contributed by atoms with Crippen molar-refractivity contribution in [2.24, 2.45) is 0 Å². The van der Waals surface area contributed by atoms with Crippen LogP contribution >= 0.6 is 11.6 Å². The van der Waals surface area contributed by atoms with Crippen LogP contribution < -0.4 is 9.47 Å². The molecule has 0 saturated heterocycles. The lowest BCUT2D eigenvalue weighted by molar-refractivity contribution is 0.394. The summed E-state index contributed by atoms with van der Waals surface area (Å²) >= 11 is 5.46. The average Bonchev–Trinajstić information content (AvgIpc) is 2.25. The molecule has 0 heterocycles. The highest BCUT2D eigenvalue weighted by atomic mass is 35.5. The second-order valence-corrected chi connectivity index (χ2v) is 2.80. The first-order valence-corrected chi connectivity index (χ1v) is 4.61. The number of rotatable bonds is 2. The van der Waals surface area contributed by atoms with Crippen LogP contribution in [-0.4, -0.2) is 20.1 Å². The summed E-state index contributed by atoms with van der Waals surface area (Å²) in [4.78, 5) is 0. The normalized spacial score (nSPS) is 8.79. The van der Waals surface area contributed by atoms with Gasteiger partial charge in [0.05, 0.1) is 20.1 Å².